The van der Waals surface area contributed by atoms with Gasteiger partial charge in [0.1, 0.15) is 5.82 Å². The first kappa shape index (κ1) is 33.5. The van der Waals surface area contributed by atoms with Crippen LogP contribution in [0.15, 0.2) is 114 Å². The number of carbonyl (C=O) groups excluding carboxylic acids is 1. The molecule has 0 bridgehead atoms. The van der Waals surface area contributed by atoms with Gasteiger partial charge in [-0.2, -0.15) is 0 Å². The predicted octanol–water partition coefficient (Wildman–Crippen LogP) is 9.16. The number of methoxy groups -OCH3 is 1. The molecule has 0 spiro atoms. The number of nitrogens with zero attached hydrogens (tertiary/aromatic N) is 1. The molecule has 1 fully saturated rings. The molecule has 0 radical (unpaired) electrons. The normalized spacial score (nSPS) is 14.1. The summed E-state index contributed by atoms with van der Waals surface area (Å²) in [4.78, 5) is 11.8. The lowest BCUT2D eigenvalue weighted by Crippen LogP contribution is -2.53. The first-order chi connectivity index (χ1) is 23.9. The van der Waals surface area contributed by atoms with Crippen molar-refractivity contribution in [3.63, 3.8) is 0 Å². The maximum Gasteiger partial charge on any atom is 0.337 e. The molecule has 12 heteroatoms. The van der Waals surface area contributed by atoms with Gasteiger partial charge in [-0.1, -0.05) is 72.3 Å². The number of carbonyl (C=O) groups is 1. The Hall–Kier alpha value is -4.97. The standard InChI is InChI=1S/C38H27ClF4N2O4S/c1-49-37(46)25-11-15-28(32(39)18-25)23-5-4-6-24(17-23)35-34(29-7-2-3-8-31(29)38(43)20-44-21-38)30-19-26(40)12-16-33(30)45(35)50(47,48)27-13-9-22(10-14-27)36(41)42/h2-19,36,44H,20-21H2,1H3. The number of aromatic nitrogens is 1. The second kappa shape index (κ2) is 12.7. The van der Waals surface area contributed by atoms with Crippen molar-refractivity contribution in [1.29, 1.82) is 0 Å². The van der Waals surface area contributed by atoms with Gasteiger partial charge >= 0.3 is 5.97 Å². The number of rotatable bonds is 8. The molecule has 6 aromatic rings. The number of halogens is 5. The first-order valence-electron chi connectivity index (χ1n) is 15.4. The average molecular weight is 719 g/mol. The van der Waals surface area contributed by atoms with Crippen LogP contribution in [0.4, 0.5) is 17.6 Å². The smallest absolute Gasteiger partial charge is 0.337 e. The monoisotopic (exact) mass is 718 g/mol. The minimum Gasteiger partial charge on any atom is -0.465 e. The van der Waals surface area contributed by atoms with Crippen LogP contribution in [0.1, 0.15) is 27.9 Å². The second-order valence-electron chi connectivity index (χ2n) is 11.9. The molecule has 254 valence electrons. The molecule has 1 aliphatic heterocycles. The van der Waals surface area contributed by atoms with E-state index in [0.29, 0.717) is 27.8 Å². The zero-order valence-corrected chi connectivity index (χ0v) is 27.8. The maximum absolute atomic E-state index is 16.3. The van der Waals surface area contributed by atoms with Crippen LogP contribution in [0.5, 0.6) is 0 Å². The van der Waals surface area contributed by atoms with Crippen LogP contribution in [0.25, 0.3) is 44.4 Å². The van der Waals surface area contributed by atoms with E-state index in [1.165, 1.54) is 25.3 Å². The van der Waals surface area contributed by atoms with E-state index in [0.717, 1.165) is 34.3 Å². The highest BCUT2D eigenvalue weighted by Gasteiger charge is 2.42. The average Bonchev–Trinajstić information content (AvgIpc) is 3.45. The van der Waals surface area contributed by atoms with Gasteiger partial charge in [-0.3, -0.25) is 0 Å². The van der Waals surface area contributed by atoms with Crippen molar-refractivity contribution in [3.8, 4) is 33.5 Å². The Kier molecular flexibility index (Phi) is 8.53. The third-order valence-corrected chi connectivity index (χ3v) is 10.9. The number of esters is 1. The van der Waals surface area contributed by atoms with Crippen molar-refractivity contribution in [2.24, 2.45) is 0 Å². The molecule has 0 amide bonds. The van der Waals surface area contributed by atoms with Gasteiger partial charge in [-0.05, 0) is 65.2 Å². The lowest BCUT2D eigenvalue weighted by atomic mass is 9.83. The molecule has 2 heterocycles. The van der Waals surface area contributed by atoms with Gasteiger partial charge in [0.15, 0.2) is 5.67 Å². The van der Waals surface area contributed by atoms with E-state index < -0.39 is 33.9 Å². The molecule has 7 rings (SSSR count). The quantitative estimate of drug-likeness (QED) is 0.126. The van der Waals surface area contributed by atoms with Crippen molar-refractivity contribution in [2.45, 2.75) is 17.0 Å². The fourth-order valence-electron chi connectivity index (χ4n) is 6.36. The van der Waals surface area contributed by atoms with Crippen LogP contribution in [-0.4, -0.2) is 38.6 Å². The lowest BCUT2D eigenvalue weighted by molar-refractivity contribution is 0.0600. The van der Waals surface area contributed by atoms with Crippen LogP contribution >= 0.6 is 11.6 Å². The van der Waals surface area contributed by atoms with E-state index in [1.807, 2.05) is 0 Å². The minimum atomic E-state index is -4.56. The van der Waals surface area contributed by atoms with Gasteiger partial charge in [-0.25, -0.2) is 34.7 Å². The number of hydrogen-bond acceptors (Lipinski definition) is 5. The predicted molar refractivity (Wildman–Crippen MR) is 184 cm³/mol. The van der Waals surface area contributed by atoms with Crippen LogP contribution in [-0.2, 0) is 20.4 Å². The van der Waals surface area contributed by atoms with Crippen LogP contribution < -0.4 is 5.32 Å². The van der Waals surface area contributed by atoms with Gasteiger partial charge in [0.05, 0.1) is 28.8 Å². The molecule has 0 saturated carbocycles. The van der Waals surface area contributed by atoms with Gasteiger partial charge < -0.3 is 10.1 Å². The number of hydrogen-bond donors (Lipinski definition) is 1. The summed E-state index contributed by atoms with van der Waals surface area (Å²) in [5.74, 6) is -1.23. The van der Waals surface area contributed by atoms with Crippen molar-refractivity contribution in [3.05, 3.63) is 137 Å². The largest absolute Gasteiger partial charge is 0.465 e. The van der Waals surface area contributed by atoms with Crippen molar-refractivity contribution in [1.82, 2.24) is 9.29 Å². The topological polar surface area (TPSA) is 77.4 Å². The van der Waals surface area contributed by atoms with Gasteiger partial charge in [-0.15, -0.1) is 0 Å². The number of nitrogens with one attached hydrogen (secondary N) is 1. The molecule has 0 aliphatic carbocycles. The fraction of sp³-hybridized carbons (Fsp3) is 0.132. The first-order valence-corrected chi connectivity index (χ1v) is 17.2. The van der Waals surface area contributed by atoms with E-state index in [-0.39, 0.29) is 56.3 Å². The Morgan fingerprint density at radius 3 is 2.26 bits per heavy atom. The second-order valence-corrected chi connectivity index (χ2v) is 14.1. The molecular weight excluding hydrogens is 692 g/mol. The van der Waals surface area contributed by atoms with Gasteiger partial charge in [0, 0.05) is 45.8 Å². The summed E-state index contributed by atoms with van der Waals surface area (Å²) >= 11 is 6.63. The Morgan fingerprint density at radius 2 is 1.60 bits per heavy atom. The highest BCUT2D eigenvalue weighted by atomic mass is 35.5. The molecule has 1 aromatic heterocycles. The summed E-state index contributed by atoms with van der Waals surface area (Å²) in [5, 5.41) is 3.37. The SMILES string of the molecule is COC(=O)c1ccc(-c2cccc(-c3c(-c4ccccc4C4(F)CNC4)c4cc(F)ccc4n3S(=O)(=O)c3ccc(C(F)F)cc3)c2)c(Cl)c1. The summed E-state index contributed by atoms with van der Waals surface area (Å²) in [6, 6.07) is 26.0. The molecule has 0 atom stereocenters. The van der Waals surface area contributed by atoms with Crippen molar-refractivity contribution < 1.29 is 35.5 Å². The maximum atomic E-state index is 16.3. The third-order valence-electron chi connectivity index (χ3n) is 8.88. The van der Waals surface area contributed by atoms with E-state index in [1.54, 1.807) is 60.7 Å². The van der Waals surface area contributed by atoms with Crippen molar-refractivity contribution in [2.75, 3.05) is 20.2 Å². The Bertz CT molecular complexity index is 2410. The molecule has 50 heavy (non-hydrogen) atoms. The summed E-state index contributed by atoms with van der Waals surface area (Å²) in [7, 11) is -3.31. The summed E-state index contributed by atoms with van der Waals surface area (Å²) < 4.78 is 93.5. The van der Waals surface area contributed by atoms with E-state index >= 15 is 8.78 Å². The molecular formula is C38H27ClF4N2O4S. The van der Waals surface area contributed by atoms with Crippen LogP contribution in [0.3, 0.4) is 0 Å². The molecule has 6 nitrogen and oxygen atoms in total. The molecule has 0 unspecified atom stereocenters. The van der Waals surface area contributed by atoms with E-state index in [2.05, 4.69) is 5.32 Å². The highest BCUT2D eigenvalue weighted by molar-refractivity contribution is 7.90. The zero-order chi connectivity index (χ0) is 35.4. The van der Waals surface area contributed by atoms with Crippen LogP contribution in [0, 0.1) is 5.82 Å². The summed E-state index contributed by atoms with van der Waals surface area (Å²) in [5.41, 5.74) is 0.605. The molecule has 5 aromatic carbocycles. The minimum absolute atomic E-state index is 0.0245. The van der Waals surface area contributed by atoms with E-state index in [9.17, 15) is 22.0 Å². The van der Waals surface area contributed by atoms with Gasteiger partial charge in [0.2, 0.25) is 0 Å². The van der Waals surface area contributed by atoms with Crippen molar-refractivity contribution >= 4 is 38.5 Å². The fourth-order valence-corrected chi connectivity index (χ4v) is 8.20. The number of benzene rings is 5. The van der Waals surface area contributed by atoms with Gasteiger partial charge in [0.25, 0.3) is 16.4 Å². The molecule has 1 saturated heterocycles. The number of ether oxygens (including phenoxy) is 1. The Balaban J connectivity index is 1.56. The third kappa shape index (κ3) is 5.65. The summed E-state index contributed by atoms with van der Waals surface area (Å²) in [6.07, 6.45) is -2.81. The molecule has 1 N–H and O–H groups in total. The van der Waals surface area contributed by atoms with Crippen LogP contribution in [0.2, 0.25) is 5.02 Å². The Morgan fingerprint density at radius 1 is 0.880 bits per heavy atom. The van der Waals surface area contributed by atoms with E-state index in [4.69, 9.17) is 16.3 Å². The zero-order valence-electron chi connectivity index (χ0n) is 26.3. The summed E-state index contributed by atoms with van der Waals surface area (Å²) in [6.45, 7) is 0.0490. The molecule has 1 aliphatic rings. The lowest BCUT2D eigenvalue weighted by Gasteiger charge is -2.36. The number of fused-ring (bicyclic) bond motifs is 1. The Labute approximate surface area is 289 Å². The number of alkyl halides is 3. The highest BCUT2D eigenvalue weighted by Crippen LogP contribution is 2.48.